The summed E-state index contributed by atoms with van der Waals surface area (Å²) in [5, 5.41) is 44.0. The number of hydrogen-bond acceptors (Lipinski definition) is 24. The Bertz CT molecular complexity index is 7110. The van der Waals surface area contributed by atoms with Crippen LogP contribution in [0, 0.1) is 39.4 Å². The summed E-state index contributed by atoms with van der Waals surface area (Å²) in [6.45, 7) is 9.67. The Morgan fingerprint density at radius 1 is 0.404 bits per heavy atom. The van der Waals surface area contributed by atoms with Gasteiger partial charge in [-0.25, -0.2) is 34.6 Å². The Morgan fingerprint density at radius 3 is 1.24 bits per heavy atom. The molecule has 2 unspecified atom stereocenters. The number of aliphatic hydroxyl groups is 1. The number of nitrogens with zero attached hydrogens (tertiary/aromatic N) is 17. The van der Waals surface area contributed by atoms with E-state index >= 15 is 0 Å². The van der Waals surface area contributed by atoms with Crippen LogP contribution in [0.3, 0.4) is 0 Å². The molecule has 0 bridgehead atoms. The topological polar surface area (TPSA) is 447 Å². The monoisotopic (exact) mass is 1940 g/mol. The summed E-state index contributed by atoms with van der Waals surface area (Å²) in [7, 11) is 8.18. The van der Waals surface area contributed by atoms with Gasteiger partial charge in [0.15, 0.2) is 41.2 Å². The van der Waals surface area contributed by atoms with E-state index in [0.29, 0.717) is 28.2 Å². The lowest BCUT2D eigenvalue weighted by Gasteiger charge is -2.41. The van der Waals surface area contributed by atoms with Gasteiger partial charge < -0.3 is 43.2 Å². The number of ether oxygens (including phenoxy) is 2. The van der Waals surface area contributed by atoms with Gasteiger partial charge in [-0.3, -0.25) is 53.5 Å². The molecule has 2 aliphatic carbocycles. The van der Waals surface area contributed by atoms with Crippen LogP contribution in [0.25, 0.3) is 27.8 Å². The fourth-order valence-corrected chi connectivity index (χ4v) is 19.2. The summed E-state index contributed by atoms with van der Waals surface area (Å²) in [4.78, 5) is 104. The van der Waals surface area contributed by atoms with E-state index in [2.05, 4.69) is 71.1 Å². The van der Waals surface area contributed by atoms with Crippen LogP contribution in [0.5, 0.6) is 23.0 Å². The lowest BCUT2D eigenvalue weighted by molar-refractivity contribution is -0.133. The van der Waals surface area contributed by atoms with Gasteiger partial charge in [0.05, 0.1) is 81.9 Å². The van der Waals surface area contributed by atoms with Crippen LogP contribution in [0.1, 0.15) is 158 Å². The third kappa shape index (κ3) is 19.2. The molecular weight excluding hydrogens is 1840 g/mol. The first kappa shape index (κ1) is 97.3. The second kappa shape index (κ2) is 39.3. The van der Waals surface area contributed by atoms with Crippen LogP contribution >= 0.6 is 15.9 Å². The van der Waals surface area contributed by atoms with Gasteiger partial charge in [-0.1, -0.05) is 159 Å². The number of amides is 5. The van der Waals surface area contributed by atoms with Crippen molar-refractivity contribution in [1.82, 2.24) is 44.2 Å². The number of aliphatic imine (C=N–C) groups is 5. The summed E-state index contributed by atoms with van der Waals surface area (Å²) >= 11 is 3.46. The highest BCUT2D eigenvalue weighted by molar-refractivity contribution is 9.10. The van der Waals surface area contributed by atoms with Gasteiger partial charge in [0.2, 0.25) is 23.6 Å². The average Bonchev–Trinajstić information content (AvgIpc) is 1.54. The summed E-state index contributed by atoms with van der Waals surface area (Å²) in [5.41, 5.74) is 36.5. The molecule has 2 fully saturated rings. The molecule has 20 rings (SSSR count). The second-order valence-electron chi connectivity index (χ2n) is 36.9. The maximum absolute atomic E-state index is 13.3. The van der Waals surface area contributed by atoms with Crippen molar-refractivity contribution in [3.05, 3.63) is 369 Å². The van der Waals surface area contributed by atoms with Crippen LogP contribution in [0.2, 0.25) is 0 Å². The number of likely N-dealkylation sites (N-methyl/N-ethyl adjacent to an activating group) is 4. The first-order valence-corrected chi connectivity index (χ1v) is 46.5. The molecule has 11 N–H and O–H groups in total. The minimum absolute atomic E-state index is 0.0423. The summed E-state index contributed by atoms with van der Waals surface area (Å²) in [6, 6.07) is 91.0. The second-order valence-corrected chi connectivity index (χ2v) is 37.8. The number of nitrogens with two attached hydrogens (primary N) is 5. The molecule has 0 spiro atoms. The number of aromatic nitrogens is 4. The van der Waals surface area contributed by atoms with E-state index in [1.807, 2.05) is 252 Å². The Kier molecular flexibility index (Phi) is 27.1. The Morgan fingerprint density at radius 2 is 0.830 bits per heavy atom. The molecular formula is C110H105BrN22O8. The van der Waals surface area contributed by atoms with E-state index < -0.39 is 51.0 Å². The number of rotatable bonds is 16. The van der Waals surface area contributed by atoms with E-state index in [-0.39, 0.29) is 71.2 Å². The molecule has 5 amide bonds. The van der Waals surface area contributed by atoms with Crippen LogP contribution in [-0.4, -0.2) is 144 Å². The Balaban J connectivity index is 0.000000127. The summed E-state index contributed by atoms with van der Waals surface area (Å²) < 4.78 is 14.5. The molecule has 141 heavy (non-hydrogen) atoms. The minimum Gasteiger partial charge on any atom is -0.457 e. The average molecular weight is 1940 g/mol. The summed E-state index contributed by atoms with van der Waals surface area (Å²) in [6.07, 6.45) is 11.8. The zero-order chi connectivity index (χ0) is 100. The number of fused-ring (bicyclic) bond motifs is 1. The zero-order valence-corrected chi connectivity index (χ0v) is 81.0. The quantitative estimate of drug-likeness (QED) is 0.0523. The standard InChI is InChI=1S/2C25H22N4O2.C23H24N4O2.C19H19BrN4O.C18H18N6O/c2*1-25(19-8-6-7-17(15-19)16-26)22(23(30)29(2)24(27)28-25)18-11-13-21(14-12-18)31-20-9-4-3-5-10-20;1-22(18-6-3-5-15(13-18)14-24)19(20(28)27(2)21(25)26-22)16-7-9-17(10-8-16)23(29)11-4-12-23;1-18(6-7-18)19(16(25)24(2)17(21)23-19)14-5-3-4-12(8-14)13-9-15(20)11-22-10-13;1-18(10-16(25)23(2)17(19)22-18)13-6-7-14-12(9-13)11-21-24(14)15-5-3-4-8-20-15/h2*3-15,22H,1-2H3,(H2,27,28);3,5-10,13,19,29H,4,11-12H2,1-2H3,(H2,25,26);3-5,8-11H,6-7H2,1-2H3,(H2,21,23);3-9,11H,10H2,1-2H3,(H2,19,22)/t22-,25+;22-,25-;19?,22-;;18-/m011.0/s1. The smallest absolute Gasteiger partial charge is 0.262 e. The van der Waals surface area contributed by atoms with Gasteiger partial charge in [0.1, 0.15) is 39.6 Å². The predicted molar refractivity (Wildman–Crippen MR) is 543 cm³/mol. The van der Waals surface area contributed by atoms with Crippen molar-refractivity contribution < 1.29 is 38.6 Å². The van der Waals surface area contributed by atoms with Crippen molar-refractivity contribution in [2.45, 2.75) is 124 Å². The number of halogens is 1. The molecule has 2 saturated carbocycles. The Labute approximate surface area is 825 Å². The van der Waals surface area contributed by atoms with Gasteiger partial charge in [0, 0.05) is 74.7 Å². The number of carbonyl (C=O) groups is 5. The van der Waals surface area contributed by atoms with Crippen molar-refractivity contribution in [3.8, 4) is 58.2 Å². The molecule has 13 aromatic rings. The van der Waals surface area contributed by atoms with Crippen molar-refractivity contribution in [2.75, 3.05) is 35.2 Å². The van der Waals surface area contributed by atoms with Crippen LogP contribution in [0.4, 0.5) is 0 Å². The molecule has 8 heterocycles. The van der Waals surface area contributed by atoms with Crippen molar-refractivity contribution in [1.29, 1.82) is 15.8 Å². The van der Waals surface area contributed by atoms with E-state index in [9.17, 15) is 44.9 Å². The number of hydrogen-bond donors (Lipinski definition) is 6. The SMILES string of the molecule is CN1C(=O)C(c2ccc(C3(O)CCC3)cc2)[C@@](C)(c2cccc(C#N)c2)N=C1N.CN1C(=O)C(c2cccc(-c3cncc(Br)c3)c2)(C2(C)CC2)N=C1N.CN1C(=O)C[C@@](C)(c2ccc3c(cnn3-c3ccccn3)c2)N=C1N.CN1C(=O)[C@@H](c2ccc(Oc3ccccc3)cc2)[C@@](C)(c2cccc(C#N)c2)N=C1N.CN1C(=O)[C@H](c2ccc(Oc3ccccc3)cc2)[C@@](C)(c2cccc(C#N)c2)N=C1N. The third-order valence-corrected chi connectivity index (χ3v) is 28.1. The number of guanidine groups is 5. The molecule has 0 saturated heterocycles. The lowest BCUT2D eigenvalue weighted by Crippen LogP contribution is -2.52. The van der Waals surface area contributed by atoms with E-state index in [1.54, 1.807) is 113 Å². The van der Waals surface area contributed by atoms with E-state index in [1.165, 1.54) is 24.5 Å². The van der Waals surface area contributed by atoms with Crippen LogP contribution in [0.15, 0.2) is 327 Å². The highest BCUT2D eigenvalue weighted by Crippen LogP contribution is 2.62. The van der Waals surface area contributed by atoms with Gasteiger partial charge in [-0.05, 0) is 253 Å². The molecule has 31 heteroatoms. The van der Waals surface area contributed by atoms with Gasteiger partial charge in [0.25, 0.3) is 5.91 Å². The predicted octanol–water partition coefficient (Wildman–Crippen LogP) is 16.1. The van der Waals surface area contributed by atoms with Crippen molar-refractivity contribution in [2.24, 2.45) is 59.0 Å². The number of para-hydroxylation sites is 2. The van der Waals surface area contributed by atoms with E-state index in [0.717, 1.165) is 126 Å². The highest BCUT2D eigenvalue weighted by Gasteiger charge is 2.65. The van der Waals surface area contributed by atoms with Crippen molar-refractivity contribution in [3.63, 3.8) is 0 Å². The van der Waals surface area contributed by atoms with Crippen LogP contribution in [-0.2, 0) is 57.3 Å². The van der Waals surface area contributed by atoms with Crippen LogP contribution < -0.4 is 38.1 Å². The largest absolute Gasteiger partial charge is 0.457 e. The number of nitriles is 3. The number of carbonyl (C=O) groups excluding carboxylic acids is 5. The maximum atomic E-state index is 13.3. The summed E-state index contributed by atoms with van der Waals surface area (Å²) in [5.74, 6) is 2.16. The highest BCUT2D eigenvalue weighted by atomic mass is 79.9. The molecule has 7 aliphatic rings. The maximum Gasteiger partial charge on any atom is 0.262 e. The van der Waals surface area contributed by atoms with Gasteiger partial charge >= 0.3 is 0 Å². The minimum atomic E-state index is -0.956. The number of benzene rings is 10. The number of pyridine rings is 2. The third-order valence-electron chi connectivity index (χ3n) is 27.6. The Hall–Kier alpha value is -16.8. The molecule has 0 radical (unpaired) electrons. The van der Waals surface area contributed by atoms with Gasteiger partial charge in [-0.15, -0.1) is 0 Å². The molecule has 5 aliphatic heterocycles. The zero-order valence-electron chi connectivity index (χ0n) is 79.4. The normalized spacial score (nSPS) is 22.4. The molecule has 10 aromatic carbocycles. The first-order valence-electron chi connectivity index (χ1n) is 45.7. The fraction of sp³-hybridized carbons (Fsp3) is 0.236. The fourth-order valence-electron chi connectivity index (χ4n) is 18.8. The van der Waals surface area contributed by atoms with Gasteiger partial charge in [-0.2, -0.15) is 20.9 Å². The molecule has 30 nitrogen and oxygen atoms in total. The first-order chi connectivity index (χ1) is 67.5. The molecule has 8 atom stereocenters. The molecule has 710 valence electrons. The van der Waals surface area contributed by atoms with E-state index in [4.69, 9.17) is 48.1 Å². The van der Waals surface area contributed by atoms with Crippen molar-refractivity contribution >= 4 is 86.2 Å². The molecule has 3 aromatic heterocycles. The lowest BCUT2D eigenvalue weighted by atomic mass is 9.72.